The molecule has 30 heavy (non-hydrogen) atoms. The second kappa shape index (κ2) is 8.75. The van der Waals surface area contributed by atoms with Crippen molar-refractivity contribution in [2.45, 2.75) is 26.0 Å². The lowest BCUT2D eigenvalue weighted by Crippen LogP contribution is -2.63. The van der Waals surface area contributed by atoms with E-state index in [1.54, 1.807) is 31.2 Å². The molecule has 0 saturated carbocycles. The van der Waals surface area contributed by atoms with Gasteiger partial charge < -0.3 is 25.3 Å². The van der Waals surface area contributed by atoms with Crippen molar-refractivity contribution in [3.05, 3.63) is 46.1 Å². The number of likely N-dealkylation sites (N-methyl/N-ethyl adjacent to an activating group) is 1. The Labute approximate surface area is 180 Å². The van der Waals surface area contributed by atoms with Gasteiger partial charge in [0, 0.05) is 36.1 Å². The molecule has 2 aliphatic rings. The zero-order chi connectivity index (χ0) is 22.2. The Morgan fingerprint density at radius 3 is 2.50 bits per heavy atom. The van der Waals surface area contributed by atoms with Gasteiger partial charge in [-0.25, -0.2) is 4.79 Å². The molecule has 2 amide bonds. The highest BCUT2D eigenvalue weighted by Gasteiger charge is 2.59. The maximum absolute atomic E-state index is 12.4. The Morgan fingerprint density at radius 1 is 1.30 bits per heavy atom. The minimum Gasteiger partial charge on any atom is -0.477 e. The average molecular weight is 436 g/mol. The molecule has 1 fully saturated rings. The number of benzene rings is 1. The fraction of sp³-hybridized carbons (Fsp3) is 0.476. The molecule has 162 valence electrons. The van der Waals surface area contributed by atoms with Crippen LogP contribution < -0.4 is 5.32 Å². The van der Waals surface area contributed by atoms with E-state index in [4.69, 9.17) is 11.6 Å². The molecule has 2 heterocycles. The van der Waals surface area contributed by atoms with Gasteiger partial charge in [-0.05, 0) is 43.8 Å². The van der Waals surface area contributed by atoms with Crippen LogP contribution in [0.15, 0.2) is 35.5 Å². The molecule has 9 heteroatoms. The summed E-state index contributed by atoms with van der Waals surface area (Å²) in [4.78, 5) is 39.6. The summed E-state index contributed by atoms with van der Waals surface area (Å²) in [6, 6.07) is 6.26. The number of rotatable bonds is 8. The predicted octanol–water partition coefficient (Wildman–Crippen LogP) is 1.20. The van der Waals surface area contributed by atoms with Crippen molar-refractivity contribution in [3.8, 4) is 0 Å². The van der Waals surface area contributed by atoms with Gasteiger partial charge >= 0.3 is 5.97 Å². The van der Waals surface area contributed by atoms with Gasteiger partial charge in [0.2, 0.25) is 5.91 Å². The normalized spacial score (nSPS) is 24.0. The Balaban J connectivity index is 1.60. The number of halogens is 1. The van der Waals surface area contributed by atoms with Crippen LogP contribution in [0.4, 0.5) is 0 Å². The molecule has 0 radical (unpaired) electrons. The van der Waals surface area contributed by atoms with Crippen LogP contribution in [0.3, 0.4) is 0 Å². The highest BCUT2D eigenvalue weighted by Crippen LogP contribution is 2.47. The first-order valence-corrected chi connectivity index (χ1v) is 10.2. The number of carbonyl (C=O) groups excluding carboxylic acids is 2. The molecule has 2 aliphatic heterocycles. The number of fused-ring (bicyclic) bond motifs is 1. The number of aliphatic hydroxyl groups excluding tert-OH is 1. The number of hydrogen-bond acceptors (Lipinski definition) is 5. The fourth-order valence-electron chi connectivity index (χ4n) is 4.29. The lowest BCUT2D eigenvalue weighted by Gasteiger charge is -2.46. The Hall–Kier alpha value is -2.42. The first-order valence-electron chi connectivity index (χ1n) is 9.83. The molecule has 0 aromatic heterocycles. The van der Waals surface area contributed by atoms with Gasteiger partial charge in [0.15, 0.2) is 0 Å². The van der Waals surface area contributed by atoms with Crippen molar-refractivity contribution in [2.75, 3.05) is 26.7 Å². The molecular formula is C21H26ClN3O5. The first-order chi connectivity index (χ1) is 14.1. The molecule has 0 spiro atoms. The molecule has 0 bridgehead atoms. The van der Waals surface area contributed by atoms with E-state index >= 15 is 0 Å². The molecule has 0 aliphatic carbocycles. The number of aliphatic carboxylic acids is 1. The van der Waals surface area contributed by atoms with E-state index in [0.29, 0.717) is 35.8 Å². The van der Waals surface area contributed by atoms with Crippen LogP contribution in [0.2, 0.25) is 5.02 Å². The number of aliphatic hydroxyl groups is 1. The van der Waals surface area contributed by atoms with Gasteiger partial charge in [-0.2, -0.15) is 0 Å². The smallest absolute Gasteiger partial charge is 0.352 e. The molecule has 1 saturated heterocycles. The number of hydrogen-bond donors (Lipinski definition) is 3. The lowest BCUT2D eigenvalue weighted by atomic mass is 9.77. The van der Waals surface area contributed by atoms with E-state index in [-0.39, 0.29) is 29.5 Å². The Kier molecular flexibility index (Phi) is 6.50. The first kappa shape index (κ1) is 22.3. The highest BCUT2D eigenvalue weighted by molar-refractivity contribution is 6.30. The van der Waals surface area contributed by atoms with E-state index in [1.807, 2.05) is 18.9 Å². The zero-order valence-corrected chi connectivity index (χ0v) is 17.9. The van der Waals surface area contributed by atoms with E-state index in [9.17, 15) is 24.6 Å². The Morgan fingerprint density at radius 2 is 1.93 bits per heavy atom. The fourth-order valence-corrected chi connectivity index (χ4v) is 4.41. The average Bonchev–Trinajstić information content (AvgIpc) is 2.91. The summed E-state index contributed by atoms with van der Waals surface area (Å²) >= 11 is 5.83. The third-order valence-electron chi connectivity index (χ3n) is 5.84. The second-order valence-corrected chi connectivity index (χ2v) is 8.37. The predicted molar refractivity (Wildman–Crippen MR) is 111 cm³/mol. The third kappa shape index (κ3) is 4.08. The van der Waals surface area contributed by atoms with E-state index in [2.05, 4.69) is 5.32 Å². The van der Waals surface area contributed by atoms with Gasteiger partial charge in [0.05, 0.1) is 18.1 Å². The quantitative estimate of drug-likeness (QED) is 0.529. The number of carboxylic acids is 1. The van der Waals surface area contributed by atoms with Crippen LogP contribution in [0.1, 0.15) is 24.2 Å². The van der Waals surface area contributed by atoms with Gasteiger partial charge in [-0.1, -0.05) is 18.5 Å². The van der Waals surface area contributed by atoms with Crippen molar-refractivity contribution >= 4 is 29.4 Å². The lowest BCUT2D eigenvalue weighted by molar-refractivity contribution is -0.163. The van der Waals surface area contributed by atoms with Crippen LogP contribution in [0.5, 0.6) is 0 Å². The van der Waals surface area contributed by atoms with Crippen LogP contribution in [0, 0.1) is 11.8 Å². The largest absolute Gasteiger partial charge is 0.477 e. The number of amides is 2. The monoisotopic (exact) mass is 435 g/mol. The topological polar surface area (TPSA) is 110 Å². The van der Waals surface area contributed by atoms with Crippen LogP contribution in [-0.2, 0) is 9.59 Å². The molecular weight excluding hydrogens is 410 g/mol. The van der Waals surface area contributed by atoms with Crippen LogP contribution in [0.25, 0.3) is 0 Å². The number of β-lactam (4-membered cyclic amide) rings is 1. The molecule has 1 aromatic carbocycles. The number of carboxylic acid groups (broad SMARTS) is 1. The molecule has 8 nitrogen and oxygen atoms in total. The van der Waals surface area contributed by atoms with Gasteiger partial charge in [-0.3, -0.25) is 9.59 Å². The number of nitrogens with one attached hydrogen (secondary N) is 1. The standard InChI is InChI=1S/C21H26ClN3O5/c1-11-15(18(21(29)30)25-17(11)16(12(2)26)20(25)28)10-24(3)9-8-23-19(27)13-4-6-14(22)7-5-13/h4-7,11-12,16-17,26H,8-10H2,1-3H3,(H,23,27)(H,29,30)/t11?,12?,16-,17-/m1/s1. The van der Waals surface area contributed by atoms with E-state index in [0.717, 1.165) is 0 Å². The summed E-state index contributed by atoms with van der Waals surface area (Å²) < 4.78 is 0. The van der Waals surface area contributed by atoms with Crippen molar-refractivity contribution in [2.24, 2.45) is 11.8 Å². The van der Waals surface area contributed by atoms with Crippen molar-refractivity contribution in [1.82, 2.24) is 15.1 Å². The van der Waals surface area contributed by atoms with E-state index in [1.165, 1.54) is 4.90 Å². The van der Waals surface area contributed by atoms with Crippen molar-refractivity contribution < 1.29 is 24.6 Å². The SMILES string of the molecule is CC(O)[C@H]1C(=O)N2C(C(=O)O)=C(CN(C)CCNC(=O)c3ccc(Cl)cc3)C(C)[C@H]12. The summed E-state index contributed by atoms with van der Waals surface area (Å²) in [5.41, 5.74) is 1.19. The van der Waals surface area contributed by atoms with Crippen molar-refractivity contribution in [1.29, 1.82) is 0 Å². The summed E-state index contributed by atoms with van der Waals surface area (Å²) in [7, 11) is 1.83. The third-order valence-corrected chi connectivity index (χ3v) is 6.10. The molecule has 1 aromatic rings. The summed E-state index contributed by atoms with van der Waals surface area (Å²) in [6.45, 7) is 4.68. The minimum atomic E-state index is -1.14. The highest BCUT2D eigenvalue weighted by atomic mass is 35.5. The van der Waals surface area contributed by atoms with Gasteiger partial charge in [0.25, 0.3) is 5.91 Å². The summed E-state index contributed by atoms with van der Waals surface area (Å²) in [5, 5.41) is 23.0. The number of nitrogens with zero attached hydrogens (tertiary/aromatic N) is 2. The zero-order valence-electron chi connectivity index (χ0n) is 17.1. The van der Waals surface area contributed by atoms with Crippen molar-refractivity contribution in [3.63, 3.8) is 0 Å². The van der Waals surface area contributed by atoms with Crippen LogP contribution in [-0.4, -0.2) is 76.6 Å². The summed E-state index contributed by atoms with van der Waals surface area (Å²) in [6.07, 6.45) is -0.823. The molecule has 3 rings (SSSR count). The van der Waals surface area contributed by atoms with E-state index < -0.39 is 18.0 Å². The summed E-state index contributed by atoms with van der Waals surface area (Å²) in [5.74, 6) is -2.43. The Bertz CT molecular complexity index is 883. The van der Waals surface area contributed by atoms with Gasteiger partial charge in [0.1, 0.15) is 5.70 Å². The maximum atomic E-state index is 12.4. The second-order valence-electron chi connectivity index (χ2n) is 7.93. The minimum absolute atomic E-state index is 0.0199. The maximum Gasteiger partial charge on any atom is 0.352 e. The molecule has 4 atom stereocenters. The molecule has 3 N–H and O–H groups in total. The van der Waals surface area contributed by atoms with Gasteiger partial charge in [-0.15, -0.1) is 0 Å². The van der Waals surface area contributed by atoms with Crippen LogP contribution >= 0.6 is 11.6 Å². The molecule has 2 unspecified atom stereocenters. The number of carbonyl (C=O) groups is 3.